The van der Waals surface area contributed by atoms with Crippen LogP contribution in [-0.4, -0.2) is 25.8 Å². The monoisotopic (exact) mass is 307 g/mol. The fourth-order valence-electron chi connectivity index (χ4n) is 2.79. The fourth-order valence-corrected chi connectivity index (χ4v) is 2.79. The highest BCUT2D eigenvalue weighted by Crippen LogP contribution is 2.22. The van der Waals surface area contributed by atoms with Gasteiger partial charge < -0.3 is 10.3 Å². The molecular formula is C16H13N5O2. The summed E-state index contributed by atoms with van der Waals surface area (Å²) in [7, 11) is 0. The predicted octanol–water partition coefficient (Wildman–Crippen LogP) is 1.45. The van der Waals surface area contributed by atoms with Crippen molar-refractivity contribution in [3.8, 4) is 0 Å². The Balaban J connectivity index is 1.64. The van der Waals surface area contributed by atoms with Gasteiger partial charge in [-0.15, -0.1) is 0 Å². The van der Waals surface area contributed by atoms with Crippen molar-refractivity contribution < 1.29 is 4.79 Å². The standard InChI is InChI=1S/C16H13N5O2/c22-15-11-5-13(18-7-14(11)19-8-20-15)16(23)21-10-4-9-2-1-3-12(9)17-6-10/h4-8H,1-3H2,(H,21,23)(H,19,20,22). The largest absolute Gasteiger partial charge is 0.319 e. The number of aromatic amines is 1. The third kappa shape index (κ3) is 2.46. The molecule has 1 aliphatic carbocycles. The van der Waals surface area contributed by atoms with Gasteiger partial charge in [-0.1, -0.05) is 0 Å². The van der Waals surface area contributed by atoms with Crippen molar-refractivity contribution in [3.05, 3.63) is 58.2 Å². The Morgan fingerprint density at radius 3 is 2.96 bits per heavy atom. The summed E-state index contributed by atoms with van der Waals surface area (Å²) in [6.45, 7) is 0. The number of aryl methyl sites for hydroxylation is 2. The van der Waals surface area contributed by atoms with Gasteiger partial charge in [-0.05, 0) is 37.0 Å². The quantitative estimate of drug-likeness (QED) is 0.746. The molecule has 0 fully saturated rings. The molecule has 1 aliphatic rings. The number of rotatable bonds is 2. The van der Waals surface area contributed by atoms with Gasteiger partial charge in [-0.2, -0.15) is 0 Å². The number of carbonyl (C=O) groups is 1. The molecule has 1 amide bonds. The molecule has 3 aromatic heterocycles. The summed E-state index contributed by atoms with van der Waals surface area (Å²) in [5.41, 5.74) is 3.23. The summed E-state index contributed by atoms with van der Waals surface area (Å²) in [5.74, 6) is -0.380. The first kappa shape index (κ1) is 13.6. The first-order chi connectivity index (χ1) is 11.2. The van der Waals surface area contributed by atoms with Gasteiger partial charge in [0.05, 0.1) is 35.3 Å². The van der Waals surface area contributed by atoms with Gasteiger partial charge in [0.25, 0.3) is 11.5 Å². The molecule has 3 heterocycles. The Morgan fingerprint density at radius 1 is 1.13 bits per heavy atom. The summed E-state index contributed by atoms with van der Waals surface area (Å²) in [4.78, 5) is 39.0. The van der Waals surface area contributed by atoms with Crippen LogP contribution < -0.4 is 10.9 Å². The van der Waals surface area contributed by atoms with Crippen LogP contribution in [0.5, 0.6) is 0 Å². The van der Waals surface area contributed by atoms with Crippen LogP contribution in [0.25, 0.3) is 10.9 Å². The Labute approximate surface area is 130 Å². The van der Waals surface area contributed by atoms with E-state index in [9.17, 15) is 9.59 Å². The topological polar surface area (TPSA) is 101 Å². The van der Waals surface area contributed by atoms with Crippen molar-refractivity contribution in [2.75, 3.05) is 5.32 Å². The number of nitrogens with one attached hydrogen (secondary N) is 2. The molecule has 0 spiro atoms. The smallest absolute Gasteiger partial charge is 0.274 e. The van der Waals surface area contributed by atoms with E-state index in [0.29, 0.717) is 16.6 Å². The number of H-pyrrole nitrogens is 1. The molecule has 0 aliphatic heterocycles. The Hall–Kier alpha value is -3.09. The lowest BCUT2D eigenvalue weighted by Crippen LogP contribution is -2.15. The third-order valence-corrected chi connectivity index (χ3v) is 3.94. The molecule has 2 N–H and O–H groups in total. The number of hydrogen-bond acceptors (Lipinski definition) is 5. The van der Waals surface area contributed by atoms with E-state index in [0.717, 1.165) is 25.0 Å². The van der Waals surface area contributed by atoms with Crippen molar-refractivity contribution in [1.82, 2.24) is 19.9 Å². The number of hydrogen-bond donors (Lipinski definition) is 2. The van der Waals surface area contributed by atoms with Gasteiger partial charge in [-0.3, -0.25) is 14.6 Å². The molecule has 23 heavy (non-hydrogen) atoms. The van der Waals surface area contributed by atoms with E-state index in [1.807, 2.05) is 6.07 Å². The van der Waals surface area contributed by atoms with Crippen LogP contribution in [0.4, 0.5) is 5.69 Å². The van der Waals surface area contributed by atoms with E-state index >= 15 is 0 Å². The maximum absolute atomic E-state index is 12.3. The van der Waals surface area contributed by atoms with E-state index in [1.54, 1.807) is 6.20 Å². The number of amides is 1. The first-order valence-electron chi connectivity index (χ1n) is 7.33. The summed E-state index contributed by atoms with van der Waals surface area (Å²) >= 11 is 0. The molecule has 3 aromatic rings. The number of fused-ring (bicyclic) bond motifs is 2. The average Bonchev–Trinajstić information content (AvgIpc) is 3.02. The number of pyridine rings is 2. The Bertz CT molecular complexity index is 980. The minimum absolute atomic E-state index is 0.163. The van der Waals surface area contributed by atoms with Crippen LogP contribution in [0, 0.1) is 0 Å². The second kappa shape index (κ2) is 5.28. The molecule has 0 atom stereocenters. The Morgan fingerprint density at radius 2 is 2.04 bits per heavy atom. The van der Waals surface area contributed by atoms with Gasteiger partial charge in [0.15, 0.2) is 0 Å². The molecule has 7 nitrogen and oxygen atoms in total. The highest BCUT2D eigenvalue weighted by atomic mass is 16.2. The molecule has 114 valence electrons. The molecule has 0 saturated heterocycles. The van der Waals surface area contributed by atoms with E-state index < -0.39 is 0 Å². The Kier molecular flexibility index (Phi) is 3.11. The zero-order valence-corrected chi connectivity index (χ0v) is 12.2. The fraction of sp³-hybridized carbons (Fsp3) is 0.188. The summed E-state index contributed by atoms with van der Waals surface area (Å²) < 4.78 is 0. The minimum atomic E-state index is -0.380. The summed E-state index contributed by atoms with van der Waals surface area (Å²) in [6.07, 6.45) is 7.45. The highest BCUT2D eigenvalue weighted by Gasteiger charge is 2.15. The minimum Gasteiger partial charge on any atom is -0.319 e. The lowest BCUT2D eigenvalue weighted by Gasteiger charge is -2.07. The number of aromatic nitrogens is 4. The van der Waals surface area contributed by atoms with Crippen LogP contribution in [0.2, 0.25) is 0 Å². The van der Waals surface area contributed by atoms with E-state index in [-0.39, 0.29) is 17.2 Å². The van der Waals surface area contributed by atoms with Crippen molar-refractivity contribution in [2.45, 2.75) is 19.3 Å². The second-order valence-corrected chi connectivity index (χ2v) is 5.46. The average molecular weight is 307 g/mol. The van der Waals surface area contributed by atoms with Gasteiger partial charge in [0, 0.05) is 5.69 Å². The lowest BCUT2D eigenvalue weighted by molar-refractivity contribution is 0.102. The van der Waals surface area contributed by atoms with Gasteiger partial charge in [-0.25, -0.2) is 9.97 Å². The van der Waals surface area contributed by atoms with Crippen molar-refractivity contribution >= 4 is 22.5 Å². The highest BCUT2D eigenvalue weighted by molar-refractivity contribution is 6.04. The normalized spacial score (nSPS) is 13.0. The molecule has 0 aromatic carbocycles. The van der Waals surface area contributed by atoms with Crippen molar-refractivity contribution in [1.29, 1.82) is 0 Å². The van der Waals surface area contributed by atoms with E-state index in [4.69, 9.17) is 0 Å². The number of carbonyl (C=O) groups excluding carboxylic acids is 1. The molecular weight excluding hydrogens is 294 g/mol. The van der Waals surface area contributed by atoms with Crippen LogP contribution >= 0.6 is 0 Å². The predicted molar refractivity (Wildman–Crippen MR) is 84.4 cm³/mol. The van der Waals surface area contributed by atoms with Crippen LogP contribution in [-0.2, 0) is 12.8 Å². The van der Waals surface area contributed by atoms with Crippen molar-refractivity contribution in [3.63, 3.8) is 0 Å². The summed E-state index contributed by atoms with van der Waals surface area (Å²) in [5, 5.41) is 3.11. The maximum atomic E-state index is 12.3. The van der Waals surface area contributed by atoms with E-state index in [1.165, 1.54) is 24.2 Å². The van der Waals surface area contributed by atoms with Crippen LogP contribution in [0.3, 0.4) is 0 Å². The third-order valence-electron chi connectivity index (χ3n) is 3.94. The molecule has 7 heteroatoms. The molecule has 0 radical (unpaired) electrons. The maximum Gasteiger partial charge on any atom is 0.274 e. The second-order valence-electron chi connectivity index (χ2n) is 5.46. The van der Waals surface area contributed by atoms with Crippen LogP contribution in [0.1, 0.15) is 28.2 Å². The van der Waals surface area contributed by atoms with Gasteiger partial charge in [0.1, 0.15) is 5.69 Å². The van der Waals surface area contributed by atoms with Crippen molar-refractivity contribution in [2.24, 2.45) is 0 Å². The lowest BCUT2D eigenvalue weighted by atomic mass is 10.2. The first-order valence-corrected chi connectivity index (χ1v) is 7.33. The van der Waals surface area contributed by atoms with Gasteiger partial charge in [0.2, 0.25) is 0 Å². The SMILES string of the molecule is O=C(Nc1cnc2c(c1)CCC2)c1cc2c(=O)[nH]cnc2cn1. The van der Waals surface area contributed by atoms with E-state index in [2.05, 4.69) is 25.3 Å². The molecule has 0 saturated carbocycles. The zero-order valence-electron chi connectivity index (χ0n) is 12.2. The van der Waals surface area contributed by atoms with Crippen LogP contribution in [0.15, 0.2) is 35.6 Å². The number of nitrogens with zero attached hydrogens (tertiary/aromatic N) is 3. The summed E-state index contributed by atoms with van der Waals surface area (Å²) in [6, 6.07) is 3.39. The zero-order chi connectivity index (χ0) is 15.8. The molecule has 0 unspecified atom stereocenters. The van der Waals surface area contributed by atoms with Gasteiger partial charge >= 0.3 is 0 Å². The molecule has 4 rings (SSSR count). The molecule has 0 bridgehead atoms. The number of anilines is 1.